The van der Waals surface area contributed by atoms with E-state index in [0.717, 1.165) is 49.0 Å². The van der Waals surface area contributed by atoms with Gasteiger partial charge >= 0.3 is 20.4 Å². The summed E-state index contributed by atoms with van der Waals surface area (Å²) in [5.41, 5.74) is 4.48. The summed E-state index contributed by atoms with van der Waals surface area (Å²) in [5, 5.41) is 0. The summed E-state index contributed by atoms with van der Waals surface area (Å²) < 4.78 is 0. The Bertz CT molecular complexity index is 507. The molecule has 0 unspecified atom stereocenters. The quantitative estimate of drug-likeness (QED) is 0.499. The Hall–Kier alpha value is -1.12. The Labute approximate surface area is 154 Å². The van der Waals surface area contributed by atoms with Crippen LogP contribution in [-0.4, -0.2) is 33.9 Å². The number of hydrogen-bond acceptors (Lipinski definition) is 4. The summed E-state index contributed by atoms with van der Waals surface area (Å²) >= 11 is 0. The summed E-state index contributed by atoms with van der Waals surface area (Å²) in [4.78, 5) is 14.0. The van der Waals surface area contributed by atoms with Crippen molar-refractivity contribution in [2.45, 2.75) is 26.2 Å². The van der Waals surface area contributed by atoms with E-state index in [1.54, 1.807) is 0 Å². The second-order valence-electron chi connectivity index (χ2n) is 5.59. The van der Waals surface area contributed by atoms with Crippen LogP contribution < -0.4 is 0 Å². The zero-order chi connectivity index (χ0) is 13.9. The van der Waals surface area contributed by atoms with Gasteiger partial charge < -0.3 is 14.9 Å². The fraction of sp³-hybridized carbons (Fsp3) is 0.333. The first-order valence-corrected chi connectivity index (χ1v) is 6.96. The molecule has 0 radical (unpaired) electrons. The first-order valence-electron chi connectivity index (χ1n) is 6.96. The van der Waals surface area contributed by atoms with Gasteiger partial charge in [0.25, 0.3) is 0 Å². The molecule has 2 aromatic rings. The summed E-state index contributed by atoms with van der Waals surface area (Å²) in [6.45, 7) is 3.40. The fourth-order valence-corrected chi connectivity index (χ4v) is 2.63. The van der Waals surface area contributed by atoms with Crippen LogP contribution in [0.1, 0.15) is 22.8 Å². The van der Waals surface area contributed by atoms with Crippen molar-refractivity contribution in [3.8, 4) is 0 Å². The van der Waals surface area contributed by atoms with E-state index < -0.39 is 0 Å². The molecular formula is C18H26N4Pd. The molecule has 0 fully saturated rings. The van der Waals surface area contributed by atoms with E-state index in [2.05, 4.69) is 60.3 Å². The van der Waals surface area contributed by atoms with Gasteiger partial charge in [-0.15, -0.1) is 0 Å². The van der Waals surface area contributed by atoms with E-state index in [4.69, 9.17) is 9.97 Å². The third-order valence-electron chi connectivity index (χ3n) is 3.46. The molecule has 0 N–H and O–H groups in total. The Balaban J connectivity index is 0.00000161. The Morgan fingerprint density at radius 2 is 0.913 bits per heavy atom. The van der Waals surface area contributed by atoms with Gasteiger partial charge in [0, 0.05) is 26.2 Å². The first-order chi connectivity index (χ1) is 9.69. The third kappa shape index (κ3) is 6.12. The monoisotopic (exact) mass is 404 g/mol. The van der Waals surface area contributed by atoms with Crippen LogP contribution >= 0.6 is 0 Å². The molecule has 4 nitrogen and oxygen atoms in total. The number of fused-ring (bicyclic) bond motifs is 4. The predicted octanol–water partition coefficient (Wildman–Crippen LogP) is 2.95. The summed E-state index contributed by atoms with van der Waals surface area (Å²) in [6.07, 6.45) is 0. The van der Waals surface area contributed by atoms with Gasteiger partial charge in [0.2, 0.25) is 0 Å². The van der Waals surface area contributed by atoms with Crippen LogP contribution in [0.3, 0.4) is 0 Å². The standard InChI is InChI=1S/C16H20N4.2CH3.Pd/c1-19-9-13-5-3-7-15(17-13)11-20(2)12-16-8-4-6-14(10-19)18-16;;;/h3-8H,9-12H2,1-2H3;2*1H3;/q;2*-1;+2. The Kier molecular flexibility index (Phi) is 9.41. The summed E-state index contributed by atoms with van der Waals surface area (Å²) in [7, 11) is 4.22. The van der Waals surface area contributed by atoms with Crippen molar-refractivity contribution < 1.29 is 20.4 Å². The van der Waals surface area contributed by atoms with E-state index in [9.17, 15) is 0 Å². The molecule has 0 spiro atoms. The molecular weight excluding hydrogens is 379 g/mol. The largest absolute Gasteiger partial charge is 2.00 e. The van der Waals surface area contributed by atoms with Gasteiger partial charge in [-0.25, -0.2) is 0 Å². The number of nitrogens with zero attached hydrogens (tertiary/aromatic N) is 4. The molecule has 3 heterocycles. The van der Waals surface area contributed by atoms with Gasteiger partial charge in [0.1, 0.15) is 0 Å². The van der Waals surface area contributed by atoms with Crippen LogP contribution in [0.25, 0.3) is 0 Å². The minimum atomic E-state index is 0. The molecule has 0 amide bonds. The molecule has 0 aromatic carbocycles. The van der Waals surface area contributed by atoms with Crippen molar-refractivity contribution in [2.24, 2.45) is 0 Å². The van der Waals surface area contributed by atoms with Crippen LogP contribution in [-0.2, 0) is 46.6 Å². The number of hydrogen-bond donors (Lipinski definition) is 0. The predicted molar refractivity (Wildman–Crippen MR) is 91.6 cm³/mol. The average Bonchev–Trinajstić information content (AvgIpc) is 2.38. The normalized spacial score (nSPS) is 15.0. The van der Waals surface area contributed by atoms with E-state index in [0.29, 0.717) is 0 Å². The first kappa shape index (κ1) is 21.9. The molecule has 0 atom stereocenters. The van der Waals surface area contributed by atoms with Crippen LogP contribution in [0.15, 0.2) is 36.4 Å². The van der Waals surface area contributed by atoms with E-state index in [1.807, 2.05) is 0 Å². The van der Waals surface area contributed by atoms with Crippen LogP contribution in [0.4, 0.5) is 0 Å². The minimum Gasteiger partial charge on any atom is -0.358 e. The van der Waals surface area contributed by atoms with E-state index in [1.165, 1.54) is 0 Å². The van der Waals surface area contributed by atoms with E-state index >= 15 is 0 Å². The van der Waals surface area contributed by atoms with Gasteiger partial charge in [-0.3, -0.25) is 19.8 Å². The van der Waals surface area contributed by atoms with Gasteiger partial charge in [-0.2, -0.15) is 0 Å². The average molecular weight is 405 g/mol. The number of rotatable bonds is 0. The van der Waals surface area contributed by atoms with E-state index in [-0.39, 0.29) is 35.3 Å². The molecule has 2 aromatic heterocycles. The molecule has 0 aliphatic carbocycles. The Morgan fingerprint density at radius 3 is 1.17 bits per heavy atom. The van der Waals surface area contributed by atoms with Crippen LogP contribution in [0, 0.1) is 14.9 Å². The maximum Gasteiger partial charge on any atom is 2.00 e. The third-order valence-corrected chi connectivity index (χ3v) is 3.46. The topological polar surface area (TPSA) is 32.3 Å². The number of pyridine rings is 2. The van der Waals surface area contributed by atoms with Crippen molar-refractivity contribution in [1.29, 1.82) is 0 Å². The summed E-state index contributed by atoms with van der Waals surface area (Å²) in [6, 6.07) is 12.6. The van der Waals surface area contributed by atoms with Crippen molar-refractivity contribution in [3.63, 3.8) is 0 Å². The van der Waals surface area contributed by atoms with Gasteiger partial charge in [0.05, 0.1) is 22.8 Å². The molecule has 0 saturated carbocycles. The van der Waals surface area contributed by atoms with Gasteiger partial charge in [0.15, 0.2) is 0 Å². The zero-order valence-electron chi connectivity index (χ0n) is 14.4. The molecule has 128 valence electrons. The SMILES string of the molecule is CN1Cc2cccc(n2)CN(C)Cc2cccc(n2)C1.[CH3-].[CH3-].[Pd+2]. The Morgan fingerprint density at radius 1 is 0.652 bits per heavy atom. The van der Waals surface area contributed by atoms with Gasteiger partial charge in [-0.05, 0) is 38.4 Å². The second kappa shape index (κ2) is 9.90. The minimum absolute atomic E-state index is 0. The fourth-order valence-electron chi connectivity index (χ4n) is 2.63. The molecule has 4 bridgehead atoms. The molecule has 5 heteroatoms. The van der Waals surface area contributed by atoms with Crippen molar-refractivity contribution in [2.75, 3.05) is 14.1 Å². The molecule has 3 rings (SSSR count). The maximum atomic E-state index is 4.74. The number of aromatic nitrogens is 2. The molecule has 1 aliphatic heterocycles. The molecule has 0 saturated heterocycles. The van der Waals surface area contributed by atoms with Crippen molar-refractivity contribution in [3.05, 3.63) is 74.0 Å². The second-order valence-corrected chi connectivity index (χ2v) is 5.59. The van der Waals surface area contributed by atoms with Gasteiger partial charge in [-0.1, -0.05) is 12.1 Å². The summed E-state index contributed by atoms with van der Waals surface area (Å²) in [5.74, 6) is 0. The maximum absolute atomic E-state index is 4.74. The van der Waals surface area contributed by atoms with Crippen LogP contribution in [0.2, 0.25) is 0 Å². The van der Waals surface area contributed by atoms with Crippen molar-refractivity contribution >= 4 is 0 Å². The molecule has 1 aliphatic rings. The smallest absolute Gasteiger partial charge is 0.358 e. The zero-order valence-corrected chi connectivity index (χ0v) is 16.0. The van der Waals surface area contributed by atoms with Crippen molar-refractivity contribution in [1.82, 2.24) is 19.8 Å². The van der Waals surface area contributed by atoms with Crippen LogP contribution in [0.5, 0.6) is 0 Å². The molecule has 23 heavy (non-hydrogen) atoms.